The summed E-state index contributed by atoms with van der Waals surface area (Å²) < 4.78 is 1.82. The smallest absolute Gasteiger partial charge is 0.221 e. The largest absolute Gasteiger partial charge is 0.383 e. The monoisotopic (exact) mass is 240 g/mol. The molecule has 0 bridgehead atoms. The predicted molar refractivity (Wildman–Crippen MR) is 70.6 cm³/mol. The zero-order valence-corrected chi connectivity index (χ0v) is 9.83. The molecule has 0 amide bonds. The van der Waals surface area contributed by atoms with Crippen LogP contribution in [0.5, 0.6) is 0 Å². The van der Waals surface area contributed by atoms with Crippen LogP contribution in [0, 0.1) is 0 Å². The Labute approximate surface area is 103 Å². The van der Waals surface area contributed by atoms with E-state index in [0.717, 1.165) is 22.0 Å². The Morgan fingerprint density at radius 3 is 2.78 bits per heavy atom. The van der Waals surface area contributed by atoms with E-state index in [4.69, 9.17) is 11.5 Å². The lowest BCUT2D eigenvalue weighted by Gasteiger charge is -2.05. The maximum absolute atomic E-state index is 5.85. The van der Waals surface area contributed by atoms with E-state index in [1.807, 2.05) is 36.1 Å². The molecular weight excluding hydrogens is 228 g/mol. The molecule has 0 aliphatic rings. The van der Waals surface area contributed by atoms with E-state index in [9.17, 15) is 0 Å². The Morgan fingerprint density at radius 1 is 1.17 bits per heavy atom. The molecule has 6 nitrogen and oxygen atoms in total. The number of fused-ring (bicyclic) bond motifs is 1. The number of hydrogen-bond acceptors (Lipinski definition) is 5. The van der Waals surface area contributed by atoms with Gasteiger partial charge in [-0.25, -0.2) is 4.98 Å². The van der Waals surface area contributed by atoms with Gasteiger partial charge in [-0.15, -0.1) is 0 Å². The number of nitrogens with two attached hydrogens (primary N) is 2. The molecule has 18 heavy (non-hydrogen) atoms. The highest BCUT2D eigenvalue weighted by atomic mass is 15.2. The lowest BCUT2D eigenvalue weighted by atomic mass is 10.1. The first-order chi connectivity index (χ1) is 8.65. The molecule has 0 aliphatic carbocycles. The first-order valence-electron chi connectivity index (χ1n) is 5.45. The van der Waals surface area contributed by atoms with Crippen molar-refractivity contribution in [3.8, 4) is 11.1 Å². The summed E-state index contributed by atoms with van der Waals surface area (Å²) in [7, 11) is 1.91. The number of anilines is 2. The number of aryl methyl sites for hydroxylation is 1. The molecule has 0 unspecified atom stereocenters. The number of benzene rings is 1. The quantitative estimate of drug-likeness (QED) is 0.666. The van der Waals surface area contributed by atoms with Crippen molar-refractivity contribution in [1.29, 1.82) is 0 Å². The van der Waals surface area contributed by atoms with Gasteiger partial charge in [0.2, 0.25) is 5.95 Å². The summed E-state index contributed by atoms with van der Waals surface area (Å²) in [5, 5.41) is 5.25. The van der Waals surface area contributed by atoms with Crippen molar-refractivity contribution in [2.45, 2.75) is 0 Å². The van der Waals surface area contributed by atoms with Crippen molar-refractivity contribution < 1.29 is 0 Å². The second-order valence-corrected chi connectivity index (χ2v) is 4.07. The lowest BCUT2D eigenvalue weighted by molar-refractivity contribution is 0.797. The summed E-state index contributed by atoms with van der Waals surface area (Å²) in [4.78, 5) is 7.93. The fraction of sp³-hybridized carbons (Fsp3) is 0.0833. The second kappa shape index (κ2) is 3.69. The van der Waals surface area contributed by atoms with Gasteiger partial charge in [0.1, 0.15) is 5.82 Å². The average Bonchev–Trinajstić information content (AvgIpc) is 2.71. The Hall–Kier alpha value is -2.63. The zero-order valence-electron chi connectivity index (χ0n) is 9.83. The molecule has 0 fully saturated rings. The van der Waals surface area contributed by atoms with Crippen molar-refractivity contribution in [3.63, 3.8) is 0 Å². The molecular formula is C12H12N6. The van der Waals surface area contributed by atoms with Crippen LogP contribution in [-0.2, 0) is 7.05 Å². The van der Waals surface area contributed by atoms with E-state index in [1.165, 1.54) is 0 Å². The highest BCUT2D eigenvalue weighted by Gasteiger charge is 2.07. The molecule has 4 N–H and O–H groups in total. The summed E-state index contributed by atoms with van der Waals surface area (Å²) in [6.45, 7) is 0. The lowest BCUT2D eigenvalue weighted by Crippen LogP contribution is -2.00. The molecule has 0 radical (unpaired) electrons. The van der Waals surface area contributed by atoms with Crippen LogP contribution in [0.4, 0.5) is 11.8 Å². The predicted octanol–water partition coefficient (Wildman–Crippen LogP) is 1.19. The highest BCUT2D eigenvalue weighted by Crippen LogP contribution is 2.27. The number of aromatic nitrogens is 4. The van der Waals surface area contributed by atoms with E-state index in [-0.39, 0.29) is 5.95 Å². The normalized spacial score (nSPS) is 10.9. The summed E-state index contributed by atoms with van der Waals surface area (Å²) in [5.74, 6) is 0.560. The van der Waals surface area contributed by atoms with Crippen molar-refractivity contribution in [3.05, 3.63) is 30.6 Å². The van der Waals surface area contributed by atoms with Gasteiger partial charge in [0.25, 0.3) is 0 Å². The molecule has 6 heteroatoms. The van der Waals surface area contributed by atoms with Crippen LogP contribution in [-0.4, -0.2) is 19.7 Å². The molecule has 0 spiro atoms. The minimum Gasteiger partial charge on any atom is -0.383 e. The molecule has 1 aromatic carbocycles. The molecule has 0 aliphatic heterocycles. The third-order valence-corrected chi connectivity index (χ3v) is 2.89. The summed E-state index contributed by atoms with van der Waals surface area (Å²) in [6.07, 6.45) is 3.45. The van der Waals surface area contributed by atoms with Crippen LogP contribution in [0.25, 0.3) is 22.0 Å². The average molecular weight is 240 g/mol. The van der Waals surface area contributed by atoms with Gasteiger partial charge in [-0.1, -0.05) is 6.07 Å². The fourth-order valence-corrected chi connectivity index (χ4v) is 1.96. The van der Waals surface area contributed by atoms with Crippen LogP contribution < -0.4 is 11.5 Å². The second-order valence-electron chi connectivity index (χ2n) is 4.07. The Balaban J connectivity index is 2.19. The van der Waals surface area contributed by atoms with Crippen LogP contribution in [0.15, 0.2) is 30.6 Å². The van der Waals surface area contributed by atoms with Crippen molar-refractivity contribution in [1.82, 2.24) is 19.7 Å². The SMILES string of the molecule is Cn1ncc2cc(-c3cnc(N)nc3N)ccc21. The van der Waals surface area contributed by atoms with E-state index in [1.54, 1.807) is 6.20 Å². The third kappa shape index (κ3) is 1.55. The summed E-state index contributed by atoms with van der Waals surface area (Å²) >= 11 is 0. The van der Waals surface area contributed by atoms with E-state index >= 15 is 0 Å². The molecule has 3 aromatic rings. The van der Waals surface area contributed by atoms with E-state index in [2.05, 4.69) is 15.1 Å². The molecule has 0 atom stereocenters. The van der Waals surface area contributed by atoms with Gasteiger partial charge in [-0.2, -0.15) is 10.1 Å². The molecule has 0 saturated heterocycles. The molecule has 2 aromatic heterocycles. The van der Waals surface area contributed by atoms with Gasteiger partial charge in [-0.3, -0.25) is 4.68 Å². The Kier molecular flexibility index (Phi) is 2.16. The van der Waals surface area contributed by atoms with Gasteiger partial charge in [0, 0.05) is 24.2 Å². The minimum absolute atomic E-state index is 0.179. The van der Waals surface area contributed by atoms with Crippen LogP contribution in [0.2, 0.25) is 0 Å². The van der Waals surface area contributed by atoms with Gasteiger partial charge < -0.3 is 11.5 Å². The third-order valence-electron chi connectivity index (χ3n) is 2.89. The van der Waals surface area contributed by atoms with Gasteiger partial charge in [0.05, 0.1) is 11.7 Å². The number of nitrogens with zero attached hydrogens (tertiary/aromatic N) is 4. The Bertz CT molecular complexity index is 731. The fourth-order valence-electron chi connectivity index (χ4n) is 1.96. The number of nitrogen functional groups attached to an aromatic ring is 2. The van der Waals surface area contributed by atoms with E-state index in [0.29, 0.717) is 5.82 Å². The maximum Gasteiger partial charge on any atom is 0.221 e. The zero-order chi connectivity index (χ0) is 12.7. The molecule has 90 valence electrons. The Morgan fingerprint density at radius 2 is 2.00 bits per heavy atom. The standard InChI is InChI=1S/C12H12N6/c1-18-10-3-2-7(4-8(10)5-16-18)9-6-15-12(14)17-11(9)13/h2-6H,1H3,(H4,13,14,15,17). The summed E-state index contributed by atoms with van der Waals surface area (Å²) in [6, 6.07) is 5.97. The molecule has 3 rings (SSSR count). The molecule has 2 heterocycles. The topological polar surface area (TPSA) is 95.6 Å². The molecule has 0 saturated carbocycles. The van der Waals surface area contributed by atoms with Gasteiger partial charge in [0.15, 0.2) is 0 Å². The maximum atomic E-state index is 5.85. The first-order valence-corrected chi connectivity index (χ1v) is 5.45. The van der Waals surface area contributed by atoms with Crippen molar-refractivity contribution >= 4 is 22.7 Å². The number of hydrogen-bond donors (Lipinski definition) is 2. The first kappa shape index (κ1) is 10.5. The van der Waals surface area contributed by atoms with Crippen LogP contribution in [0.1, 0.15) is 0 Å². The number of rotatable bonds is 1. The van der Waals surface area contributed by atoms with E-state index < -0.39 is 0 Å². The minimum atomic E-state index is 0.179. The van der Waals surface area contributed by atoms with Crippen LogP contribution >= 0.6 is 0 Å². The van der Waals surface area contributed by atoms with Gasteiger partial charge in [-0.05, 0) is 17.7 Å². The van der Waals surface area contributed by atoms with Crippen LogP contribution in [0.3, 0.4) is 0 Å². The van der Waals surface area contributed by atoms with Crippen molar-refractivity contribution in [2.24, 2.45) is 7.05 Å². The summed E-state index contributed by atoms with van der Waals surface area (Å²) in [5.41, 5.74) is 14.1. The van der Waals surface area contributed by atoms with Crippen molar-refractivity contribution in [2.75, 3.05) is 11.5 Å². The van der Waals surface area contributed by atoms with Gasteiger partial charge >= 0.3 is 0 Å². The highest BCUT2D eigenvalue weighted by molar-refractivity contribution is 5.86.